The van der Waals surface area contributed by atoms with E-state index in [4.69, 9.17) is 9.47 Å². The third-order valence-electron chi connectivity index (χ3n) is 4.66. The van der Waals surface area contributed by atoms with Crippen molar-refractivity contribution in [2.75, 3.05) is 19.7 Å². The fourth-order valence-corrected chi connectivity index (χ4v) is 3.31. The van der Waals surface area contributed by atoms with Crippen molar-refractivity contribution in [2.45, 2.75) is 45.4 Å². The predicted octanol–water partition coefficient (Wildman–Crippen LogP) is 3.65. The van der Waals surface area contributed by atoms with Crippen LogP contribution in [0.5, 0.6) is 0 Å². The number of amides is 2. The topological polar surface area (TPSA) is 67.9 Å². The molecule has 2 atom stereocenters. The number of hydrogen-bond acceptors (Lipinski definition) is 4. The summed E-state index contributed by atoms with van der Waals surface area (Å²) in [4.78, 5) is 26.6. The van der Waals surface area contributed by atoms with Gasteiger partial charge in [-0.3, -0.25) is 4.79 Å². The highest BCUT2D eigenvalue weighted by atomic mass is 16.6. The molecule has 3 rings (SSSR count). The Hall–Kier alpha value is -2.60. The van der Waals surface area contributed by atoms with Crippen LogP contribution in [0, 0.1) is 0 Å². The summed E-state index contributed by atoms with van der Waals surface area (Å²) in [6, 6.07) is 14.0. The van der Waals surface area contributed by atoms with Gasteiger partial charge in [0.15, 0.2) is 6.10 Å². The molecule has 1 saturated heterocycles. The number of nitrogens with zero attached hydrogens (tertiary/aromatic N) is 1. The highest BCUT2D eigenvalue weighted by Crippen LogP contribution is 2.24. The maximum absolute atomic E-state index is 12.8. The van der Waals surface area contributed by atoms with Gasteiger partial charge in [-0.25, -0.2) is 4.79 Å². The van der Waals surface area contributed by atoms with Crippen LogP contribution in [0.15, 0.2) is 42.5 Å². The Bertz CT molecular complexity index is 854. The van der Waals surface area contributed by atoms with E-state index in [1.165, 1.54) is 4.90 Å². The summed E-state index contributed by atoms with van der Waals surface area (Å²) in [7, 11) is 0. The number of morpholine rings is 1. The Morgan fingerprint density at radius 3 is 2.64 bits per heavy atom. The monoisotopic (exact) mass is 384 g/mol. The lowest BCUT2D eigenvalue weighted by Gasteiger charge is -2.34. The molecule has 1 aliphatic rings. The van der Waals surface area contributed by atoms with Crippen molar-refractivity contribution in [3.05, 3.63) is 48.0 Å². The van der Waals surface area contributed by atoms with Crippen molar-refractivity contribution in [1.82, 2.24) is 10.2 Å². The Morgan fingerprint density at radius 2 is 1.89 bits per heavy atom. The molecule has 1 heterocycles. The molecule has 0 saturated carbocycles. The molecule has 6 nitrogen and oxygen atoms in total. The van der Waals surface area contributed by atoms with E-state index in [2.05, 4.69) is 23.5 Å². The van der Waals surface area contributed by atoms with Gasteiger partial charge >= 0.3 is 6.09 Å². The number of carbonyl (C=O) groups excluding carboxylic acids is 2. The second-order valence-electron chi connectivity index (χ2n) is 8.08. The summed E-state index contributed by atoms with van der Waals surface area (Å²) in [6.07, 6.45) is -1.13. The standard InChI is InChI=1S/C22H28N2O4/c1-15(17-11-7-9-16-8-5-6-10-18(16)17)23-20(25)19-14-24(12-13-27-19)21(26)28-22(2,3)4/h5-11,15,19H,12-14H2,1-4H3,(H,23,25)/t15-,19?/m1/s1. The van der Waals surface area contributed by atoms with Crippen molar-refractivity contribution in [1.29, 1.82) is 0 Å². The highest BCUT2D eigenvalue weighted by Gasteiger charge is 2.32. The van der Waals surface area contributed by atoms with Crippen molar-refractivity contribution in [3.63, 3.8) is 0 Å². The Labute approximate surface area is 165 Å². The van der Waals surface area contributed by atoms with Crippen LogP contribution in [-0.2, 0) is 14.3 Å². The third-order valence-corrected chi connectivity index (χ3v) is 4.66. The van der Waals surface area contributed by atoms with Gasteiger partial charge in [-0.1, -0.05) is 42.5 Å². The van der Waals surface area contributed by atoms with Crippen LogP contribution in [0.4, 0.5) is 4.79 Å². The number of carbonyl (C=O) groups is 2. The van der Waals surface area contributed by atoms with Gasteiger partial charge in [-0.2, -0.15) is 0 Å². The average molecular weight is 384 g/mol. The minimum atomic E-state index is -0.710. The van der Waals surface area contributed by atoms with Gasteiger partial charge in [-0.05, 0) is 44.0 Å². The zero-order valence-corrected chi connectivity index (χ0v) is 16.9. The molecule has 1 fully saturated rings. The summed E-state index contributed by atoms with van der Waals surface area (Å²) in [5, 5.41) is 5.26. The van der Waals surface area contributed by atoms with E-state index in [9.17, 15) is 9.59 Å². The maximum atomic E-state index is 12.8. The van der Waals surface area contributed by atoms with E-state index < -0.39 is 17.8 Å². The maximum Gasteiger partial charge on any atom is 0.410 e. The van der Waals surface area contributed by atoms with Gasteiger partial charge < -0.3 is 19.7 Å². The molecule has 6 heteroatoms. The average Bonchev–Trinajstić information content (AvgIpc) is 2.66. The fraction of sp³-hybridized carbons (Fsp3) is 0.455. The lowest BCUT2D eigenvalue weighted by Crippen LogP contribution is -2.52. The molecule has 0 aromatic heterocycles. The van der Waals surface area contributed by atoms with Crippen LogP contribution >= 0.6 is 0 Å². The number of fused-ring (bicyclic) bond motifs is 1. The summed E-state index contributed by atoms with van der Waals surface area (Å²) in [5.41, 5.74) is 0.474. The third kappa shape index (κ3) is 4.81. The minimum absolute atomic E-state index is 0.181. The van der Waals surface area contributed by atoms with E-state index in [-0.39, 0.29) is 18.5 Å². The molecule has 0 radical (unpaired) electrons. The van der Waals surface area contributed by atoms with Gasteiger partial charge in [0, 0.05) is 6.54 Å². The highest BCUT2D eigenvalue weighted by molar-refractivity contribution is 5.87. The van der Waals surface area contributed by atoms with Gasteiger partial charge in [0.25, 0.3) is 5.91 Å². The largest absolute Gasteiger partial charge is 0.444 e. The first kappa shape index (κ1) is 20.1. The first-order chi connectivity index (χ1) is 13.2. The number of benzene rings is 2. The summed E-state index contributed by atoms with van der Waals surface area (Å²) in [6.45, 7) is 8.32. The van der Waals surface area contributed by atoms with Crippen molar-refractivity contribution >= 4 is 22.8 Å². The number of hydrogen-bond donors (Lipinski definition) is 1. The van der Waals surface area contributed by atoms with E-state index in [0.717, 1.165) is 16.3 Å². The lowest BCUT2D eigenvalue weighted by molar-refractivity contribution is -0.138. The molecule has 150 valence electrons. The second kappa shape index (κ2) is 8.19. The molecule has 1 aliphatic heterocycles. The number of ether oxygens (including phenoxy) is 2. The molecule has 2 amide bonds. The second-order valence-corrected chi connectivity index (χ2v) is 8.08. The van der Waals surface area contributed by atoms with Crippen molar-refractivity contribution < 1.29 is 19.1 Å². The van der Waals surface area contributed by atoms with Gasteiger partial charge in [0.2, 0.25) is 0 Å². The molecular formula is C22H28N2O4. The molecule has 1 unspecified atom stereocenters. The Kier molecular flexibility index (Phi) is 5.89. The smallest absolute Gasteiger partial charge is 0.410 e. The SMILES string of the molecule is C[C@@H](NC(=O)C1CN(C(=O)OC(C)(C)C)CCO1)c1cccc2ccccc12. The summed E-state index contributed by atoms with van der Waals surface area (Å²) in [5.74, 6) is -0.228. The predicted molar refractivity (Wildman–Crippen MR) is 108 cm³/mol. The van der Waals surface area contributed by atoms with Gasteiger partial charge in [-0.15, -0.1) is 0 Å². The summed E-state index contributed by atoms with van der Waals surface area (Å²) < 4.78 is 11.0. The molecular weight excluding hydrogens is 356 g/mol. The molecule has 0 aliphatic carbocycles. The lowest BCUT2D eigenvalue weighted by atomic mass is 9.99. The van der Waals surface area contributed by atoms with E-state index in [1.54, 1.807) is 0 Å². The molecule has 28 heavy (non-hydrogen) atoms. The van der Waals surface area contributed by atoms with Crippen LogP contribution in [0.2, 0.25) is 0 Å². The number of nitrogens with one attached hydrogen (secondary N) is 1. The van der Waals surface area contributed by atoms with Crippen molar-refractivity contribution in [2.24, 2.45) is 0 Å². The molecule has 2 aromatic carbocycles. The van der Waals surface area contributed by atoms with Crippen LogP contribution in [-0.4, -0.2) is 48.3 Å². The molecule has 0 spiro atoms. The molecule has 0 bridgehead atoms. The molecule has 2 aromatic rings. The zero-order valence-electron chi connectivity index (χ0n) is 16.9. The van der Waals surface area contributed by atoms with E-state index >= 15 is 0 Å². The van der Waals surface area contributed by atoms with Crippen LogP contribution < -0.4 is 5.32 Å². The normalized spacial score (nSPS) is 18.6. The van der Waals surface area contributed by atoms with Gasteiger partial charge in [0.05, 0.1) is 19.2 Å². The van der Waals surface area contributed by atoms with Crippen LogP contribution in [0.25, 0.3) is 10.8 Å². The number of rotatable bonds is 3. The van der Waals surface area contributed by atoms with E-state index in [0.29, 0.717) is 13.2 Å². The first-order valence-corrected chi connectivity index (χ1v) is 9.62. The zero-order chi connectivity index (χ0) is 20.3. The minimum Gasteiger partial charge on any atom is -0.444 e. The van der Waals surface area contributed by atoms with Crippen molar-refractivity contribution in [3.8, 4) is 0 Å². The summed E-state index contributed by atoms with van der Waals surface area (Å²) >= 11 is 0. The quantitative estimate of drug-likeness (QED) is 0.877. The fourth-order valence-electron chi connectivity index (χ4n) is 3.31. The van der Waals surface area contributed by atoms with Crippen LogP contribution in [0.1, 0.15) is 39.3 Å². The van der Waals surface area contributed by atoms with E-state index in [1.807, 2.05) is 52.0 Å². The van der Waals surface area contributed by atoms with Crippen LogP contribution in [0.3, 0.4) is 0 Å². The molecule has 1 N–H and O–H groups in total. The first-order valence-electron chi connectivity index (χ1n) is 9.62. The Morgan fingerprint density at radius 1 is 1.18 bits per heavy atom. The Balaban J connectivity index is 1.66. The van der Waals surface area contributed by atoms with Gasteiger partial charge in [0.1, 0.15) is 5.60 Å².